The number of para-hydroxylation sites is 1. The molecule has 9 heteroatoms. The smallest absolute Gasteiger partial charge is 0.246 e. The van der Waals surface area contributed by atoms with Crippen LogP contribution in [0.1, 0.15) is 31.9 Å². The first-order valence-corrected chi connectivity index (χ1v) is 12.7. The van der Waals surface area contributed by atoms with E-state index in [0.29, 0.717) is 43.5 Å². The third-order valence-electron chi connectivity index (χ3n) is 6.18. The molecule has 2 aliphatic rings. The molecule has 0 spiro atoms. The molecule has 2 saturated heterocycles. The van der Waals surface area contributed by atoms with E-state index in [-0.39, 0.29) is 17.7 Å². The number of likely N-dealkylation sites (tertiary alicyclic amines) is 1. The monoisotopic (exact) mass is 481 g/mol. The van der Waals surface area contributed by atoms with Crippen LogP contribution in [-0.4, -0.2) is 83.2 Å². The van der Waals surface area contributed by atoms with E-state index in [9.17, 15) is 14.4 Å². The summed E-state index contributed by atoms with van der Waals surface area (Å²) in [6, 6.07) is 9.38. The Morgan fingerprint density at radius 3 is 2.35 bits per heavy atom. The number of carbonyl (C=O) groups excluding carboxylic acids is 3. The van der Waals surface area contributed by atoms with Crippen LogP contribution in [0, 0.1) is 0 Å². The number of nitrogens with zero attached hydrogens (tertiary/aromatic N) is 5. The normalized spacial score (nSPS) is 17.2. The highest BCUT2D eigenvalue weighted by molar-refractivity contribution is 7.14. The van der Waals surface area contributed by atoms with Crippen LogP contribution < -0.4 is 4.90 Å². The van der Waals surface area contributed by atoms with Crippen LogP contribution >= 0.6 is 11.3 Å². The summed E-state index contributed by atoms with van der Waals surface area (Å²) in [6.45, 7) is 6.29. The molecule has 0 bridgehead atoms. The van der Waals surface area contributed by atoms with E-state index in [4.69, 9.17) is 0 Å². The van der Waals surface area contributed by atoms with Crippen molar-refractivity contribution in [3.8, 4) is 0 Å². The molecule has 3 amide bonds. The number of carbonyl (C=O) groups is 3. The van der Waals surface area contributed by atoms with Crippen molar-refractivity contribution in [2.45, 2.75) is 26.2 Å². The predicted octanol–water partition coefficient (Wildman–Crippen LogP) is 3.00. The third-order valence-corrected chi connectivity index (χ3v) is 7.02. The van der Waals surface area contributed by atoms with Crippen molar-refractivity contribution in [3.05, 3.63) is 47.5 Å². The van der Waals surface area contributed by atoms with E-state index in [1.54, 1.807) is 15.9 Å². The minimum atomic E-state index is -0.121. The molecule has 0 unspecified atom stereocenters. The van der Waals surface area contributed by atoms with E-state index in [0.717, 1.165) is 31.6 Å². The van der Waals surface area contributed by atoms with Crippen LogP contribution in [-0.2, 0) is 14.4 Å². The fourth-order valence-electron chi connectivity index (χ4n) is 4.28. The zero-order valence-electron chi connectivity index (χ0n) is 19.6. The molecule has 0 aliphatic carbocycles. The zero-order chi connectivity index (χ0) is 23.9. The first-order valence-electron chi connectivity index (χ1n) is 11.8. The summed E-state index contributed by atoms with van der Waals surface area (Å²) in [5, 5.41) is 2.40. The van der Waals surface area contributed by atoms with Gasteiger partial charge < -0.3 is 9.80 Å². The van der Waals surface area contributed by atoms with Crippen molar-refractivity contribution in [2.24, 2.45) is 0 Å². The molecule has 2 aromatic rings. The van der Waals surface area contributed by atoms with Gasteiger partial charge in [-0.3, -0.25) is 24.2 Å². The predicted molar refractivity (Wildman–Crippen MR) is 134 cm³/mol. The first kappa shape index (κ1) is 24.1. The Labute approximate surface area is 204 Å². The summed E-state index contributed by atoms with van der Waals surface area (Å²) < 4.78 is 0. The second-order valence-electron chi connectivity index (χ2n) is 8.62. The Morgan fingerprint density at radius 1 is 0.971 bits per heavy atom. The van der Waals surface area contributed by atoms with Crippen LogP contribution in [0.25, 0.3) is 6.08 Å². The highest BCUT2D eigenvalue weighted by atomic mass is 32.1. The molecule has 34 heavy (non-hydrogen) atoms. The van der Waals surface area contributed by atoms with Gasteiger partial charge in [0, 0.05) is 57.6 Å². The maximum Gasteiger partial charge on any atom is 0.246 e. The minimum Gasteiger partial charge on any atom is -0.342 e. The van der Waals surface area contributed by atoms with Gasteiger partial charge in [0.15, 0.2) is 5.13 Å². The van der Waals surface area contributed by atoms with Crippen molar-refractivity contribution < 1.29 is 14.4 Å². The Hall–Kier alpha value is -3.04. The van der Waals surface area contributed by atoms with Crippen LogP contribution in [0.15, 0.2) is 41.8 Å². The Kier molecular flexibility index (Phi) is 8.08. The Balaban J connectivity index is 1.29. The summed E-state index contributed by atoms with van der Waals surface area (Å²) >= 11 is 1.36. The maximum absolute atomic E-state index is 12.7. The van der Waals surface area contributed by atoms with Gasteiger partial charge in [-0.15, -0.1) is 11.3 Å². The van der Waals surface area contributed by atoms with Gasteiger partial charge in [-0.1, -0.05) is 18.2 Å². The number of amides is 3. The maximum atomic E-state index is 12.7. The van der Waals surface area contributed by atoms with Crippen LogP contribution in [0.5, 0.6) is 0 Å². The number of piperidine rings is 1. The number of anilines is 2. The molecular formula is C25H31N5O3S. The van der Waals surface area contributed by atoms with Crippen LogP contribution in [0.3, 0.4) is 0 Å². The highest BCUT2D eigenvalue weighted by Crippen LogP contribution is 2.29. The van der Waals surface area contributed by atoms with Gasteiger partial charge in [0.25, 0.3) is 0 Å². The molecule has 0 radical (unpaired) electrons. The van der Waals surface area contributed by atoms with Gasteiger partial charge in [-0.05, 0) is 37.5 Å². The molecule has 1 aromatic carbocycles. The molecule has 0 saturated carbocycles. The average Bonchev–Trinajstić information content (AvgIpc) is 3.32. The largest absolute Gasteiger partial charge is 0.342 e. The summed E-state index contributed by atoms with van der Waals surface area (Å²) in [7, 11) is 0. The Bertz CT molecular complexity index is 1020. The summed E-state index contributed by atoms with van der Waals surface area (Å²) in [5.74, 6) is 0.0145. The molecule has 4 rings (SSSR count). The Morgan fingerprint density at radius 2 is 1.68 bits per heavy atom. The van der Waals surface area contributed by atoms with Crippen molar-refractivity contribution in [2.75, 3.05) is 50.7 Å². The fourth-order valence-corrected chi connectivity index (χ4v) is 5.14. The minimum absolute atomic E-state index is 0.0666. The number of benzene rings is 1. The van der Waals surface area contributed by atoms with Crippen LogP contribution in [0.4, 0.5) is 10.8 Å². The zero-order valence-corrected chi connectivity index (χ0v) is 20.4. The quantitative estimate of drug-likeness (QED) is 0.593. The molecule has 8 nitrogen and oxygen atoms in total. The molecular weight excluding hydrogens is 450 g/mol. The van der Waals surface area contributed by atoms with E-state index in [2.05, 4.69) is 9.88 Å². The van der Waals surface area contributed by atoms with Crippen molar-refractivity contribution in [3.63, 3.8) is 0 Å². The molecule has 180 valence electrons. The number of aromatic nitrogens is 1. The van der Waals surface area contributed by atoms with Gasteiger partial charge >= 0.3 is 0 Å². The lowest BCUT2D eigenvalue weighted by molar-refractivity contribution is -0.134. The van der Waals surface area contributed by atoms with Crippen molar-refractivity contribution >= 4 is 46.0 Å². The van der Waals surface area contributed by atoms with Gasteiger partial charge in [0.05, 0.1) is 17.9 Å². The average molecular weight is 482 g/mol. The number of thiazole rings is 1. The fraction of sp³-hybridized carbons (Fsp3) is 0.440. The van der Waals surface area contributed by atoms with Gasteiger partial charge in [-0.25, -0.2) is 4.98 Å². The number of rotatable bonds is 6. The molecule has 3 heterocycles. The molecule has 1 aromatic heterocycles. The SMILES string of the molecule is CC(=O)N(c1ccccc1)c1nc(/C=C/C(=O)N2CCN(CC(=O)N3CCCCC3)CC2)cs1. The van der Waals surface area contributed by atoms with Gasteiger partial charge in [-0.2, -0.15) is 0 Å². The second-order valence-corrected chi connectivity index (χ2v) is 9.46. The van der Waals surface area contributed by atoms with E-state index in [1.807, 2.05) is 40.6 Å². The molecule has 0 N–H and O–H groups in total. The lowest BCUT2D eigenvalue weighted by Crippen LogP contribution is -2.51. The molecule has 2 fully saturated rings. The van der Waals surface area contributed by atoms with E-state index in [1.165, 1.54) is 30.8 Å². The summed E-state index contributed by atoms with van der Waals surface area (Å²) in [5.41, 5.74) is 1.40. The lowest BCUT2D eigenvalue weighted by Gasteiger charge is -2.35. The summed E-state index contributed by atoms with van der Waals surface area (Å²) in [4.78, 5) is 49.4. The van der Waals surface area contributed by atoms with E-state index >= 15 is 0 Å². The second kappa shape index (κ2) is 11.4. The third kappa shape index (κ3) is 6.09. The van der Waals surface area contributed by atoms with Crippen molar-refractivity contribution in [1.82, 2.24) is 19.7 Å². The first-order chi connectivity index (χ1) is 16.5. The van der Waals surface area contributed by atoms with E-state index < -0.39 is 0 Å². The topological polar surface area (TPSA) is 77.1 Å². The summed E-state index contributed by atoms with van der Waals surface area (Å²) in [6.07, 6.45) is 6.63. The molecule has 2 aliphatic heterocycles. The standard InChI is InChI=1S/C25H31N5O3S/c1-20(31)30(22-8-4-2-5-9-22)25-26-21(19-34-25)10-11-23(32)29-16-14-27(15-17-29)18-24(33)28-12-6-3-7-13-28/h2,4-5,8-11,19H,3,6-7,12-18H2,1H3/b11-10+. The van der Waals surface area contributed by atoms with Crippen molar-refractivity contribution in [1.29, 1.82) is 0 Å². The van der Waals surface area contributed by atoms with Crippen LogP contribution in [0.2, 0.25) is 0 Å². The van der Waals surface area contributed by atoms with Gasteiger partial charge in [0.2, 0.25) is 17.7 Å². The number of piperazine rings is 1. The van der Waals surface area contributed by atoms with Gasteiger partial charge in [0.1, 0.15) is 0 Å². The number of hydrogen-bond donors (Lipinski definition) is 0. The lowest BCUT2D eigenvalue weighted by atomic mass is 10.1. The molecule has 0 atom stereocenters. The highest BCUT2D eigenvalue weighted by Gasteiger charge is 2.24. The number of hydrogen-bond acceptors (Lipinski definition) is 6.